The van der Waals surface area contributed by atoms with Crippen molar-refractivity contribution in [1.82, 2.24) is 4.90 Å². The molecule has 0 aromatic heterocycles. The van der Waals surface area contributed by atoms with Crippen molar-refractivity contribution in [1.29, 1.82) is 0 Å². The molecular formula is C48H63NO13. The normalized spacial score (nSPS) is 36.3. The molecule has 2 saturated carbocycles. The number of aliphatic hydroxyl groups is 3. The minimum absolute atomic E-state index is 0.0719. The standard InChI is InChI=1S/C48H63NO13/c1-26-30(58-40(54)36-34(28-19-15-13-16-20-28)49(45(10,11)61-36)41(55)62-42(3,4)5)24-48(56)39(53)37-46(12,38(52)35(51)33(26)43(48,6)7)31(23-32-47(37,25-57-32)59-27(2)50)60-44(8,9)29-21-17-14-18-22-29/h13-22,30-32,34-37,39,51,53,56H,23-25H2,1-12H3/t30-,31-,32+,34+,35+,36+,37-,39-,46+,47-,48+/m0/s1. The Labute approximate surface area is 363 Å². The van der Waals surface area contributed by atoms with E-state index in [1.165, 1.54) is 11.8 Å². The summed E-state index contributed by atoms with van der Waals surface area (Å²) < 4.78 is 37.5. The molecule has 2 aliphatic heterocycles. The van der Waals surface area contributed by atoms with Crippen molar-refractivity contribution in [2.75, 3.05) is 6.61 Å². The molecule has 62 heavy (non-hydrogen) atoms. The van der Waals surface area contributed by atoms with Gasteiger partial charge in [0.2, 0.25) is 0 Å². The number of aliphatic hydroxyl groups excluding tert-OH is 2. The lowest BCUT2D eigenvalue weighted by Crippen LogP contribution is -2.81. The molecule has 0 spiro atoms. The van der Waals surface area contributed by atoms with Crippen molar-refractivity contribution in [2.24, 2.45) is 16.7 Å². The third-order valence-corrected chi connectivity index (χ3v) is 14.4. The van der Waals surface area contributed by atoms with Crippen LogP contribution in [0.3, 0.4) is 0 Å². The Hall–Kier alpha value is -4.18. The minimum atomic E-state index is -2.23. The van der Waals surface area contributed by atoms with Crippen LogP contribution in [0.15, 0.2) is 71.8 Å². The van der Waals surface area contributed by atoms with E-state index in [9.17, 15) is 29.7 Å². The Morgan fingerprint density at radius 2 is 1.50 bits per heavy atom. The number of ketones is 1. The van der Waals surface area contributed by atoms with Gasteiger partial charge in [-0.2, -0.15) is 0 Å². The molecule has 2 aromatic carbocycles. The number of fused-ring (bicyclic) bond motifs is 5. The topological polar surface area (TPSA) is 188 Å². The Balaban J connectivity index is 1.32. The van der Waals surface area contributed by atoms with Crippen LogP contribution in [0.1, 0.15) is 113 Å². The average Bonchev–Trinajstić information content (AvgIpc) is 3.47. The summed E-state index contributed by atoms with van der Waals surface area (Å²) in [4.78, 5) is 58.3. The molecule has 4 fully saturated rings. The lowest BCUT2D eigenvalue weighted by molar-refractivity contribution is -0.354. The Morgan fingerprint density at radius 1 is 0.903 bits per heavy atom. The maximum atomic E-state index is 15.5. The zero-order valence-corrected chi connectivity index (χ0v) is 37.9. The van der Waals surface area contributed by atoms with Gasteiger partial charge in [-0.1, -0.05) is 74.5 Å². The second-order valence-electron chi connectivity index (χ2n) is 20.5. The van der Waals surface area contributed by atoms with Crippen LogP contribution in [-0.2, 0) is 48.4 Å². The summed E-state index contributed by atoms with van der Waals surface area (Å²) in [6, 6.07) is 17.3. The Bertz CT molecular complexity index is 2130. The molecule has 1 amide bonds. The van der Waals surface area contributed by atoms with E-state index < -0.39 is 111 Å². The van der Waals surface area contributed by atoms with Crippen LogP contribution in [0, 0.1) is 16.7 Å². The highest BCUT2D eigenvalue weighted by Crippen LogP contribution is 2.64. The molecule has 5 aliphatic rings. The van der Waals surface area contributed by atoms with E-state index in [-0.39, 0.29) is 25.0 Å². The second-order valence-corrected chi connectivity index (χ2v) is 20.5. The van der Waals surface area contributed by atoms with E-state index >= 15 is 4.79 Å². The number of hydrogen-bond acceptors (Lipinski definition) is 13. The van der Waals surface area contributed by atoms with E-state index in [1.807, 2.05) is 44.2 Å². The summed E-state index contributed by atoms with van der Waals surface area (Å²) in [6.45, 7) is 19.7. The van der Waals surface area contributed by atoms with Gasteiger partial charge in [0.05, 0.1) is 29.8 Å². The van der Waals surface area contributed by atoms with Gasteiger partial charge in [0.1, 0.15) is 41.3 Å². The summed E-state index contributed by atoms with van der Waals surface area (Å²) >= 11 is 0. The fourth-order valence-electron chi connectivity index (χ4n) is 11.2. The largest absolute Gasteiger partial charge is 0.456 e. The van der Waals surface area contributed by atoms with Gasteiger partial charge in [-0.15, -0.1) is 0 Å². The monoisotopic (exact) mass is 861 g/mol. The Kier molecular flexibility index (Phi) is 11.3. The molecule has 14 nitrogen and oxygen atoms in total. The van der Waals surface area contributed by atoms with Crippen molar-refractivity contribution in [3.05, 3.63) is 82.9 Å². The molecule has 2 bridgehead atoms. The van der Waals surface area contributed by atoms with Gasteiger partial charge >= 0.3 is 18.0 Å². The van der Waals surface area contributed by atoms with Crippen molar-refractivity contribution in [3.8, 4) is 0 Å². The first-order chi connectivity index (χ1) is 28.6. The molecule has 0 radical (unpaired) electrons. The van der Waals surface area contributed by atoms with Crippen LogP contribution in [0.2, 0.25) is 0 Å². The first kappa shape index (κ1) is 45.8. The quantitative estimate of drug-likeness (QED) is 0.171. The SMILES string of the molecule is CC(=O)O[C@@]12CO[C@@H]1C[C@H](OC(C)(C)c1ccccc1)[C@@]1(C)C(=O)[C@H](O)C3=C(C)[C@@H](OC(=O)[C@@H]4OC(C)(C)N(C(=O)OC(C)(C)C)[C@@H]4c4ccccc4)C[C@@](O)([C@@H](O)[C@H]21)C3(C)C. The van der Waals surface area contributed by atoms with Crippen LogP contribution in [0.4, 0.5) is 4.79 Å². The van der Waals surface area contributed by atoms with Gasteiger partial charge in [0.25, 0.3) is 0 Å². The predicted molar refractivity (Wildman–Crippen MR) is 224 cm³/mol. The van der Waals surface area contributed by atoms with Gasteiger partial charge < -0.3 is 43.7 Å². The van der Waals surface area contributed by atoms with E-state index in [4.69, 9.17) is 28.4 Å². The highest BCUT2D eigenvalue weighted by molar-refractivity contribution is 5.93. The van der Waals surface area contributed by atoms with Gasteiger partial charge in [-0.25, -0.2) is 9.59 Å². The third kappa shape index (κ3) is 7.09. The number of hydrogen-bond donors (Lipinski definition) is 3. The van der Waals surface area contributed by atoms with E-state index in [1.54, 1.807) is 92.6 Å². The number of benzene rings is 2. The number of esters is 2. The van der Waals surface area contributed by atoms with Gasteiger partial charge in [0, 0.05) is 31.1 Å². The molecule has 2 heterocycles. The van der Waals surface area contributed by atoms with Crippen LogP contribution in [-0.4, -0.2) is 110 Å². The highest BCUT2D eigenvalue weighted by Gasteiger charge is 2.77. The van der Waals surface area contributed by atoms with E-state index in [0.29, 0.717) is 11.1 Å². The van der Waals surface area contributed by atoms with Crippen LogP contribution >= 0.6 is 0 Å². The molecule has 3 aliphatic carbocycles. The zero-order valence-electron chi connectivity index (χ0n) is 37.9. The third-order valence-electron chi connectivity index (χ3n) is 14.4. The summed E-state index contributed by atoms with van der Waals surface area (Å²) in [7, 11) is 0. The zero-order chi connectivity index (χ0) is 45.7. The fourth-order valence-corrected chi connectivity index (χ4v) is 11.2. The number of Topliss-reactive ketones (excluding diaryl/α,β-unsaturated/α-hetero) is 1. The predicted octanol–water partition coefficient (Wildman–Crippen LogP) is 5.84. The Morgan fingerprint density at radius 3 is 2.05 bits per heavy atom. The lowest BCUT2D eigenvalue weighted by Gasteiger charge is -2.67. The van der Waals surface area contributed by atoms with Gasteiger partial charge in [-0.05, 0) is 84.6 Å². The van der Waals surface area contributed by atoms with Crippen LogP contribution in [0.25, 0.3) is 0 Å². The number of rotatable bonds is 7. The van der Waals surface area contributed by atoms with E-state index in [0.717, 1.165) is 5.56 Å². The molecule has 11 atom stereocenters. The average molecular weight is 862 g/mol. The molecule has 2 aromatic rings. The molecule has 7 rings (SSSR count). The molecule has 0 unspecified atom stereocenters. The van der Waals surface area contributed by atoms with Crippen molar-refractivity contribution >= 4 is 23.8 Å². The van der Waals surface area contributed by atoms with Crippen molar-refractivity contribution < 1.29 is 62.9 Å². The molecule has 3 N–H and O–H groups in total. The number of nitrogens with zero attached hydrogens (tertiary/aromatic N) is 1. The maximum Gasteiger partial charge on any atom is 0.413 e. The van der Waals surface area contributed by atoms with Crippen LogP contribution < -0.4 is 0 Å². The van der Waals surface area contributed by atoms with Gasteiger partial charge in [-0.3, -0.25) is 14.5 Å². The molecule has 338 valence electrons. The van der Waals surface area contributed by atoms with Crippen LogP contribution in [0.5, 0.6) is 0 Å². The number of amides is 1. The van der Waals surface area contributed by atoms with Crippen molar-refractivity contribution in [3.63, 3.8) is 0 Å². The van der Waals surface area contributed by atoms with Crippen molar-refractivity contribution in [2.45, 2.75) is 167 Å². The maximum absolute atomic E-state index is 15.5. The summed E-state index contributed by atoms with van der Waals surface area (Å²) in [5.74, 6) is -3.67. The summed E-state index contributed by atoms with van der Waals surface area (Å²) in [5, 5.41) is 39.0. The number of ether oxygens (including phenoxy) is 6. The van der Waals surface area contributed by atoms with E-state index in [2.05, 4.69) is 0 Å². The highest BCUT2D eigenvalue weighted by atomic mass is 16.6. The molecule has 14 heteroatoms. The second kappa shape index (κ2) is 15.2. The summed E-state index contributed by atoms with van der Waals surface area (Å²) in [5.41, 5.74) is -8.59. The minimum Gasteiger partial charge on any atom is -0.456 e. The van der Waals surface area contributed by atoms with Gasteiger partial charge in [0.15, 0.2) is 17.5 Å². The molecule has 2 saturated heterocycles. The number of carbonyl (C=O) groups excluding carboxylic acids is 4. The molecular weight excluding hydrogens is 799 g/mol. The first-order valence-electron chi connectivity index (χ1n) is 21.5. The summed E-state index contributed by atoms with van der Waals surface area (Å²) in [6.07, 6.45) is -9.32. The fraction of sp³-hybridized carbons (Fsp3) is 0.625. The smallest absolute Gasteiger partial charge is 0.413 e. The first-order valence-corrected chi connectivity index (χ1v) is 21.5. The lowest BCUT2D eigenvalue weighted by atomic mass is 9.44. The number of carbonyl (C=O) groups is 4.